The standard InChI is InChI=1S/C35H31N4O.F6P/c1-35(2,3)24-18-19-36-34(20-24)39-30-13-6-5-12-28(30)29-17-16-27(22-33(29)39)40-26-11-9-10-25(21-26)38-23-37(4)31-14-7-8-15-32(31)38;1-7(2,3,4,5)6/h5-23H,1-4H3;/q+1;-1. The van der Waals surface area contributed by atoms with Gasteiger partial charge in [-0.25, -0.2) is 9.55 Å². The molecule has 4 aromatic carbocycles. The first-order valence-electron chi connectivity index (χ1n) is 14.6. The molecule has 5 nitrogen and oxygen atoms in total. The predicted molar refractivity (Wildman–Crippen MR) is 175 cm³/mol. The summed E-state index contributed by atoms with van der Waals surface area (Å²) in [5.41, 5.74) is 6.85. The molecule has 12 heteroatoms. The third-order valence-corrected chi connectivity index (χ3v) is 7.63. The Morgan fingerprint density at radius 1 is 0.681 bits per heavy atom. The first-order valence-corrected chi connectivity index (χ1v) is 16.7. The van der Waals surface area contributed by atoms with Gasteiger partial charge in [0, 0.05) is 29.1 Å². The fraction of sp³-hybridized carbons (Fsp3) is 0.143. The minimum absolute atomic E-state index is 0.0256. The Hall–Kier alpha value is -4.89. The van der Waals surface area contributed by atoms with Gasteiger partial charge >= 0.3 is 33.0 Å². The van der Waals surface area contributed by atoms with E-state index in [1.807, 2.05) is 18.3 Å². The summed E-state index contributed by atoms with van der Waals surface area (Å²) in [4.78, 5) is 4.80. The number of nitrogens with zero attached hydrogens (tertiary/aromatic N) is 4. The zero-order valence-electron chi connectivity index (χ0n) is 25.9. The van der Waals surface area contributed by atoms with Crippen molar-refractivity contribution < 1.29 is 34.5 Å². The van der Waals surface area contributed by atoms with Crippen LogP contribution in [0.3, 0.4) is 0 Å². The molecule has 0 N–H and O–H groups in total. The Balaban J connectivity index is 0.000000499. The second kappa shape index (κ2) is 10.6. The van der Waals surface area contributed by atoms with Crippen LogP contribution >= 0.6 is 7.81 Å². The van der Waals surface area contributed by atoms with Crippen molar-refractivity contribution in [2.24, 2.45) is 7.05 Å². The average molecular weight is 669 g/mol. The van der Waals surface area contributed by atoms with Crippen LogP contribution in [0.25, 0.3) is 44.3 Å². The van der Waals surface area contributed by atoms with Gasteiger partial charge in [0.15, 0.2) is 11.0 Å². The van der Waals surface area contributed by atoms with Crippen molar-refractivity contribution in [2.75, 3.05) is 0 Å². The molecule has 7 rings (SSSR count). The Morgan fingerprint density at radius 2 is 1.32 bits per heavy atom. The fourth-order valence-corrected chi connectivity index (χ4v) is 5.57. The third-order valence-electron chi connectivity index (χ3n) is 7.63. The van der Waals surface area contributed by atoms with E-state index in [2.05, 4.69) is 139 Å². The first kappa shape index (κ1) is 32.1. The maximum absolute atomic E-state index is 10.7. The number of rotatable bonds is 4. The normalized spacial score (nSPS) is 13.7. The monoisotopic (exact) mass is 668 g/mol. The van der Waals surface area contributed by atoms with Gasteiger partial charge in [-0.1, -0.05) is 57.2 Å². The minimum atomic E-state index is -10.7. The van der Waals surface area contributed by atoms with Crippen LogP contribution in [-0.2, 0) is 12.5 Å². The molecule has 0 spiro atoms. The van der Waals surface area contributed by atoms with Crippen LogP contribution in [0, 0.1) is 0 Å². The van der Waals surface area contributed by atoms with Crippen LogP contribution in [0.2, 0.25) is 0 Å². The molecule has 0 atom stereocenters. The maximum atomic E-state index is 9.87. The molecule has 0 bridgehead atoms. The molecule has 0 amide bonds. The number of para-hydroxylation sites is 3. The van der Waals surface area contributed by atoms with Crippen LogP contribution in [0.15, 0.2) is 116 Å². The van der Waals surface area contributed by atoms with Crippen molar-refractivity contribution in [2.45, 2.75) is 26.2 Å². The van der Waals surface area contributed by atoms with E-state index in [0.29, 0.717) is 0 Å². The zero-order valence-corrected chi connectivity index (χ0v) is 26.8. The van der Waals surface area contributed by atoms with Gasteiger partial charge in [-0.15, -0.1) is 0 Å². The topological polar surface area (TPSA) is 35.9 Å². The molecular weight excluding hydrogens is 637 g/mol. The Bertz CT molecular complexity index is 2280. The molecule has 0 saturated carbocycles. The number of fused-ring (bicyclic) bond motifs is 4. The Labute approximate surface area is 266 Å². The van der Waals surface area contributed by atoms with Gasteiger partial charge in [-0.2, -0.15) is 4.57 Å². The van der Waals surface area contributed by atoms with Crippen molar-refractivity contribution in [1.29, 1.82) is 0 Å². The van der Waals surface area contributed by atoms with Crippen molar-refractivity contribution in [3.05, 3.63) is 121 Å². The molecule has 0 aliphatic carbocycles. The van der Waals surface area contributed by atoms with E-state index in [9.17, 15) is 25.2 Å². The number of benzene rings is 4. The summed E-state index contributed by atoms with van der Waals surface area (Å²) < 4.78 is 72.2. The van der Waals surface area contributed by atoms with Gasteiger partial charge in [-0.3, -0.25) is 4.57 Å². The predicted octanol–water partition coefficient (Wildman–Crippen LogP) is 11.4. The van der Waals surface area contributed by atoms with Crippen molar-refractivity contribution in [1.82, 2.24) is 14.1 Å². The van der Waals surface area contributed by atoms with Gasteiger partial charge in [0.25, 0.3) is 0 Å². The number of hydrogen-bond acceptors (Lipinski definition) is 2. The van der Waals surface area contributed by atoms with Crippen LogP contribution in [0.1, 0.15) is 26.3 Å². The van der Waals surface area contributed by atoms with E-state index < -0.39 is 7.81 Å². The average Bonchev–Trinajstić information content (AvgIpc) is 3.50. The van der Waals surface area contributed by atoms with E-state index in [0.717, 1.165) is 39.6 Å². The number of imidazole rings is 1. The zero-order chi connectivity index (χ0) is 33.8. The number of halogens is 6. The summed E-state index contributed by atoms with van der Waals surface area (Å²) >= 11 is 0. The number of aromatic nitrogens is 4. The summed E-state index contributed by atoms with van der Waals surface area (Å²) in [6.45, 7) is 6.69. The molecule has 0 unspecified atom stereocenters. The summed E-state index contributed by atoms with van der Waals surface area (Å²) in [5.74, 6) is 2.47. The molecule has 0 radical (unpaired) electrons. The van der Waals surface area contributed by atoms with Gasteiger partial charge in [0.05, 0.1) is 18.1 Å². The molecule has 0 fully saturated rings. The third kappa shape index (κ3) is 7.41. The second-order valence-corrected chi connectivity index (χ2v) is 14.2. The number of aryl methyl sites for hydroxylation is 1. The molecule has 3 aromatic heterocycles. The van der Waals surface area contributed by atoms with Crippen molar-refractivity contribution >= 4 is 40.6 Å². The SMILES string of the molecule is C[n+]1cn(-c2cccc(Oc3ccc4c5ccccc5n(-c5cc(C(C)(C)C)ccn5)c4c3)c2)c2ccccc21.F[P-](F)(F)(F)(F)F. The van der Waals surface area contributed by atoms with Gasteiger partial charge in [0.1, 0.15) is 23.0 Å². The Morgan fingerprint density at radius 3 is 2.04 bits per heavy atom. The molecule has 0 aliphatic heterocycles. The second-order valence-electron chi connectivity index (χ2n) is 12.3. The molecular formula is C35H31F6N4OP. The van der Waals surface area contributed by atoms with Crippen LogP contribution in [0.5, 0.6) is 11.5 Å². The van der Waals surface area contributed by atoms with E-state index in [1.165, 1.54) is 21.9 Å². The van der Waals surface area contributed by atoms with Gasteiger partial charge in [-0.05, 0) is 65.6 Å². The fourth-order valence-electron chi connectivity index (χ4n) is 5.57. The molecule has 47 heavy (non-hydrogen) atoms. The van der Waals surface area contributed by atoms with E-state index in [1.54, 1.807) is 0 Å². The number of hydrogen-bond donors (Lipinski definition) is 0. The van der Waals surface area contributed by atoms with Crippen molar-refractivity contribution in [3.63, 3.8) is 0 Å². The van der Waals surface area contributed by atoms with Gasteiger partial charge < -0.3 is 4.74 Å². The van der Waals surface area contributed by atoms with E-state index >= 15 is 0 Å². The summed E-state index contributed by atoms with van der Waals surface area (Å²) in [7, 11) is -8.59. The van der Waals surface area contributed by atoms with Gasteiger partial charge in [0.2, 0.25) is 6.33 Å². The van der Waals surface area contributed by atoms with Crippen molar-refractivity contribution in [3.8, 4) is 23.0 Å². The van der Waals surface area contributed by atoms with Crippen LogP contribution in [0.4, 0.5) is 25.2 Å². The Kier molecular flexibility index (Phi) is 7.21. The van der Waals surface area contributed by atoms with E-state index in [-0.39, 0.29) is 5.41 Å². The van der Waals surface area contributed by atoms with E-state index in [4.69, 9.17) is 9.72 Å². The van der Waals surface area contributed by atoms with Crippen LogP contribution in [-0.4, -0.2) is 14.1 Å². The summed E-state index contributed by atoms with van der Waals surface area (Å²) in [6.07, 6.45) is 4.01. The molecule has 244 valence electrons. The summed E-state index contributed by atoms with van der Waals surface area (Å²) in [5, 5.41) is 2.37. The van der Waals surface area contributed by atoms with Crippen LogP contribution < -0.4 is 9.30 Å². The molecule has 0 aliphatic rings. The molecule has 7 aromatic rings. The first-order chi connectivity index (χ1) is 21.8. The summed E-state index contributed by atoms with van der Waals surface area (Å²) in [6, 6.07) is 35.8. The number of ether oxygens (including phenoxy) is 1. The quantitative estimate of drug-likeness (QED) is 0.106. The number of pyridine rings is 1. The molecule has 3 heterocycles. The molecule has 0 saturated heterocycles.